The van der Waals surface area contributed by atoms with Gasteiger partial charge in [-0.2, -0.15) is 0 Å². The normalized spacial score (nSPS) is 13.1. The molecule has 0 saturated heterocycles. The number of amides is 1. The Morgan fingerprint density at radius 1 is 1.00 bits per heavy atom. The van der Waals surface area contributed by atoms with E-state index in [9.17, 15) is 13.2 Å². The molecule has 1 aliphatic rings. The van der Waals surface area contributed by atoms with Gasteiger partial charge < -0.3 is 14.8 Å². The van der Waals surface area contributed by atoms with Gasteiger partial charge in [0.25, 0.3) is 0 Å². The highest BCUT2D eigenvalue weighted by atomic mass is 32.2. The number of hydrogen-bond donors (Lipinski definition) is 2. The maximum atomic E-state index is 12.4. The standard InChI is InChI=1S/C21H26N2O5S/c1-16-7-4-5-8-18(16)23-21(24)9-3-2-6-12-22-29(25,26)17-10-11-19-20(15-17)28-14-13-27-19/h4-5,7-8,10-11,15,22H,2-3,6,9,12-14H2,1H3,(H,23,24). The van der Waals surface area contributed by atoms with Crippen molar-refractivity contribution in [2.24, 2.45) is 0 Å². The van der Waals surface area contributed by atoms with Crippen LogP contribution < -0.4 is 19.5 Å². The smallest absolute Gasteiger partial charge is 0.240 e. The zero-order chi connectivity index (χ0) is 20.7. The molecule has 0 aromatic heterocycles. The lowest BCUT2D eigenvalue weighted by Crippen LogP contribution is -2.25. The Bertz CT molecular complexity index is 959. The molecular weight excluding hydrogens is 392 g/mol. The molecule has 0 saturated carbocycles. The molecule has 0 bridgehead atoms. The second-order valence-corrected chi connectivity index (χ2v) is 8.64. The van der Waals surface area contributed by atoms with Crippen LogP contribution in [0.25, 0.3) is 0 Å². The number of sulfonamides is 1. The highest BCUT2D eigenvalue weighted by Crippen LogP contribution is 2.32. The summed E-state index contributed by atoms with van der Waals surface area (Å²) < 4.78 is 38.3. The SMILES string of the molecule is Cc1ccccc1NC(=O)CCCCCNS(=O)(=O)c1ccc2c(c1)OCCO2. The predicted molar refractivity (Wildman–Crippen MR) is 111 cm³/mol. The fraction of sp³-hybridized carbons (Fsp3) is 0.381. The fourth-order valence-electron chi connectivity index (χ4n) is 2.99. The Morgan fingerprint density at radius 3 is 2.55 bits per heavy atom. The third-order valence-corrected chi connectivity index (χ3v) is 6.07. The van der Waals surface area contributed by atoms with Gasteiger partial charge in [-0.25, -0.2) is 13.1 Å². The minimum atomic E-state index is -3.61. The molecule has 2 N–H and O–H groups in total. The molecular formula is C21H26N2O5S. The summed E-state index contributed by atoms with van der Waals surface area (Å²) in [7, 11) is -3.61. The van der Waals surface area contributed by atoms with Crippen LogP contribution in [0.5, 0.6) is 11.5 Å². The summed E-state index contributed by atoms with van der Waals surface area (Å²) in [5, 5.41) is 2.90. The van der Waals surface area contributed by atoms with Crippen LogP contribution >= 0.6 is 0 Å². The van der Waals surface area contributed by atoms with Crippen molar-refractivity contribution in [2.45, 2.75) is 37.5 Å². The van der Waals surface area contributed by atoms with Crippen LogP contribution in [0.4, 0.5) is 5.69 Å². The van der Waals surface area contributed by atoms with E-state index >= 15 is 0 Å². The van der Waals surface area contributed by atoms with E-state index in [4.69, 9.17) is 9.47 Å². The molecule has 0 atom stereocenters. The zero-order valence-electron chi connectivity index (χ0n) is 16.4. The van der Waals surface area contributed by atoms with Crippen molar-refractivity contribution >= 4 is 21.6 Å². The van der Waals surface area contributed by atoms with E-state index in [1.807, 2.05) is 31.2 Å². The molecule has 0 radical (unpaired) electrons. The molecule has 1 heterocycles. The third kappa shape index (κ3) is 5.95. The molecule has 8 heteroatoms. The molecule has 3 rings (SSSR count). The number of hydrogen-bond acceptors (Lipinski definition) is 5. The number of ether oxygens (including phenoxy) is 2. The fourth-order valence-corrected chi connectivity index (χ4v) is 4.08. The number of anilines is 1. The van der Waals surface area contributed by atoms with E-state index in [-0.39, 0.29) is 10.8 Å². The molecule has 7 nitrogen and oxygen atoms in total. The van der Waals surface area contributed by atoms with Gasteiger partial charge in [-0.05, 0) is 43.5 Å². The highest BCUT2D eigenvalue weighted by Gasteiger charge is 2.18. The first-order valence-electron chi connectivity index (χ1n) is 9.70. The minimum absolute atomic E-state index is 0.0313. The molecule has 29 heavy (non-hydrogen) atoms. The number of unbranched alkanes of at least 4 members (excludes halogenated alkanes) is 2. The molecule has 156 valence electrons. The summed E-state index contributed by atoms with van der Waals surface area (Å²) >= 11 is 0. The van der Waals surface area contributed by atoms with Crippen LogP contribution in [0.3, 0.4) is 0 Å². The number of rotatable bonds is 9. The van der Waals surface area contributed by atoms with Crippen molar-refractivity contribution in [2.75, 3.05) is 25.1 Å². The summed E-state index contributed by atoms with van der Waals surface area (Å²) in [6.45, 7) is 3.13. The van der Waals surface area contributed by atoms with Gasteiger partial charge in [0.1, 0.15) is 13.2 Å². The molecule has 1 aliphatic heterocycles. The van der Waals surface area contributed by atoms with Gasteiger partial charge >= 0.3 is 0 Å². The Hall–Kier alpha value is -2.58. The first kappa shape index (κ1) is 21.1. The molecule has 0 spiro atoms. The maximum Gasteiger partial charge on any atom is 0.240 e. The van der Waals surface area contributed by atoms with Crippen molar-refractivity contribution in [1.82, 2.24) is 4.72 Å². The van der Waals surface area contributed by atoms with E-state index in [1.165, 1.54) is 12.1 Å². The Balaban J connectivity index is 1.38. The van der Waals surface area contributed by atoms with E-state index in [1.54, 1.807) is 6.07 Å². The van der Waals surface area contributed by atoms with Crippen molar-refractivity contribution in [1.29, 1.82) is 0 Å². The van der Waals surface area contributed by atoms with Gasteiger partial charge in [0.05, 0.1) is 4.90 Å². The second kappa shape index (κ2) is 9.76. The summed E-state index contributed by atoms with van der Waals surface area (Å²) in [5.74, 6) is 0.967. The summed E-state index contributed by atoms with van der Waals surface area (Å²) in [6.07, 6.45) is 2.51. The molecule has 0 fully saturated rings. The van der Waals surface area contributed by atoms with E-state index in [2.05, 4.69) is 10.0 Å². The average molecular weight is 419 g/mol. The molecule has 0 aliphatic carbocycles. The molecule has 1 amide bonds. The Kier molecular flexibility index (Phi) is 7.11. The first-order chi connectivity index (χ1) is 14.0. The van der Waals surface area contributed by atoms with Gasteiger partial charge in [0, 0.05) is 24.7 Å². The topological polar surface area (TPSA) is 93.7 Å². The summed E-state index contributed by atoms with van der Waals surface area (Å²) in [4.78, 5) is 12.2. The average Bonchev–Trinajstić information content (AvgIpc) is 2.72. The lowest BCUT2D eigenvalue weighted by Gasteiger charge is -2.18. The first-order valence-corrected chi connectivity index (χ1v) is 11.2. The molecule has 2 aromatic rings. The van der Waals surface area contributed by atoms with E-state index < -0.39 is 10.0 Å². The van der Waals surface area contributed by atoms with Crippen LogP contribution in [0.2, 0.25) is 0 Å². The quantitative estimate of drug-likeness (QED) is 0.610. The van der Waals surface area contributed by atoms with Crippen LogP contribution in [-0.4, -0.2) is 34.1 Å². The maximum absolute atomic E-state index is 12.4. The van der Waals surface area contributed by atoms with Gasteiger partial charge in [-0.15, -0.1) is 0 Å². The lowest BCUT2D eigenvalue weighted by molar-refractivity contribution is -0.116. The number of fused-ring (bicyclic) bond motifs is 1. The predicted octanol–water partition coefficient (Wildman–Crippen LogP) is 3.24. The van der Waals surface area contributed by atoms with E-state index in [0.717, 1.165) is 17.7 Å². The summed E-state index contributed by atoms with van der Waals surface area (Å²) in [5.41, 5.74) is 1.85. The second-order valence-electron chi connectivity index (χ2n) is 6.88. The van der Waals surface area contributed by atoms with Crippen molar-refractivity contribution < 1.29 is 22.7 Å². The van der Waals surface area contributed by atoms with Crippen molar-refractivity contribution in [3.8, 4) is 11.5 Å². The molecule has 2 aromatic carbocycles. The number of carbonyl (C=O) groups is 1. The zero-order valence-corrected chi connectivity index (χ0v) is 17.3. The van der Waals surface area contributed by atoms with Crippen molar-refractivity contribution in [3.05, 3.63) is 48.0 Å². The number of benzene rings is 2. The monoisotopic (exact) mass is 418 g/mol. The van der Waals surface area contributed by atoms with Gasteiger partial charge in [0.15, 0.2) is 11.5 Å². The Labute approximate surface area is 171 Å². The van der Waals surface area contributed by atoms with Crippen LogP contribution in [0.1, 0.15) is 31.2 Å². The lowest BCUT2D eigenvalue weighted by atomic mass is 10.1. The van der Waals surface area contributed by atoms with Gasteiger partial charge in [-0.3, -0.25) is 4.79 Å². The minimum Gasteiger partial charge on any atom is -0.486 e. The molecule has 0 unspecified atom stereocenters. The number of carbonyl (C=O) groups excluding carboxylic acids is 1. The largest absolute Gasteiger partial charge is 0.486 e. The van der Waals surface area contributed by atoms with Gasteiger partial charge in [0.2, 0.25) is 15.9 Å². The van der Waals surface area contributed by atoms with Crippen LogP contribution in [0, 0.1) is 6.92 Å². The number of para-hydroxylation sites is 1. The third-order valence-electron chi connectivity index (χ3n) is 4.62. The summed E-state index contributed by atoms with van der Waals surface area (Å²) in [6, 6.07) is 12.2. The highest BCUT2D eigenvalue weighted by molar-refractivity contribution is 7.89. The van der Waals surface area contributed by atoms with Crippen molar-refractivity contribution in [3.63, 3.8) is 0 Å². The van der Waals surface area contributed by atoms with Gasteiger partial charge in [-0.1, -0.05) is 24.6 Å². The van der Waals surface area contributed by atoms with Crippen LogP contribution in [0.15, 0.2) is 47.4 Å². The number of aryl methyl sites for hydroxylation is 1. The number of nitrogens with one attached hydrogen (secondary N) is 2. The van der Waals surface area contributed by atoms with Crippen LogP contribution in [-0.2, 0) is 14.8 Å². The van der Waals surface area contributed by atoms with E-state index in [0.29, 0.717) is 50.5 Å². The Morgan fingerprint density at radius 2 is 1.76 bits per heavy atom.